The van der Waals surface area contributed by atoms with Gasteiger partial charge < -0.3 is 9.30 Å². The number of aromatic nitrogens is 1. The molecule has 2 amide bonds. The number of fused-ring (bicyclic) bond motifs is 1. The van der Waals surface area contributed by atoms with Gasteiger partial charge in [0, 0.05) is 30.6 Å². The molecule has 0 saturated carbocycles. The first-order valence-corrected chi connectivity index (χ1v) is 9.25. The third-order valence-electron chi connectivity index (χ3n) is 4.53. The molecule has 0 aliphatic carbocycles. The maximum absolute atomic E-state index is 11.8. The summed E-state index contributed by atoms with van der Waals surface area (Å²) in [6, 6.07) is 18.1. The largest absolute Gasteiger partial charge is 0.489 e. The lowest BCUT2D eigenvalue weighted by Gasteiger charge is -2.09. The van der Waals surface area contributed by atoms with Gasteiger partial charge in [0.25, 0.3) is 5.24 Å². The second kappa shape index (κ2) is 6.88. The number of thioether (sulfide) groups is 1. The Labute approximate surface area is 155 Å². The summed E-state index contributed by atoms with van der Waals surface area (Å²) in [4.78, 5) is 23.2. The van der Waals surface area contributed by atoms with Gasteiger partial charge in [0.05, 0.1) is 10.8 Å². The van der Waals surface area contributed by atoms with Gasteiger partial charge in [-0.1, -0.05) is 42.1 Å². The van der Waals surface area contributed by atoms with Crippen molar-refractivity contribution in [2.24, 2.45) is 7.05 Å². The fourth-order valence-electron chi connectivity index (χ4n) is 3.11. The summed E-state index contributed by atoms with van der Waals surface area (Å²) in [7, 11) is 1.97. The van der Waals surface area contributed by atoms with Gasteiger partial charge in [0.2, 0.25) is 5.91 Å². The van der Waals surface area contributed by atoms with E-state index in [0.717, 1.165) is 39.7 Å². The molecule has 5 nitrogen and oxygen atoms in total. The standard InChI is InChI=1S/C20H18N2O3S/c1-22-15(10-18-19(23)21-20(24)26-18)9-14-7-8-16(11-17(14)22)25-12-13-5-3-2-4-6-13/h2-9,11,18H,10,12H2,1H3,(H,21,23,24). The first kappa shape index (κ1) is 16.7. The quantitative estimate of drug-likeness (QED) is 0.749. The highest BCUT2D eigenvalue weighted by Crippen LogP contribution is 2.28. The molecule has 1 atom stereocenters. The maximum Gasteiger partial charge on any atom is 0.286 e. The van der Waals surface area contributed by atoms with E-state index in [2.05, 4.69) is 16.0 Å². The lowest BCUT2D eigenvalue weighted by Crippen LogP contribution is -2.25. The Morgan fingerprint density at radius 1 is 1.12 bits per heavy atom. The van der Waals surface area contributed by atoms with Gasteiger partial charge >= 0.3 is 0 Å². The third-order valence-corrected chi connectivity index (χ3v) is 5.51. The molecule has 0 spiro atoms. The number of carbonyl (C=O) groups is 2. The van der Waals surface area contributed by atoms with Crippen LogP contribution in [0.5, 0.6) is 5.75 Å². The zero-order valence-electron chi connectivity index (χ0n) is 14.3. The average molecular weight is 366 g/mol. The van der Waals surface area contributed by atoms with Crippen LogP contribution in [-0.2, 0) is 24.9 Å². The minimum Gasteiger partial charge on any atom is -0.489 e. The number of aryl methyl sites for hydroxylation is 1. The first-order valence-electron chi connectivity index (χ1n) is 8.37. The van der Waals surface area contributed by atoms with E-state index in [9.17, 15) is 9.59 Å². The Bertz CT molecular complexity index is 981. The van der Waals surface area contributed by atoms with Crippen molar-refractivity contribution < 1.29 is 14.3 Å². The van der Waals surface area contributed by atoms with Crippen LogP contribution in [0.3, 0.4) is 0 Å². The topological polar surface area (TPSA) is 60.3 Å². The molecule has 0 radical (unpaired) electrons. The molecule has 2 aromatic carbocycles. The van der Waals surface area contributed by atoms with Crippen LogP contribution in [0.1, 0.15) is 11.3 Å². The molecule has 1 saturated heterocycles. The zero-order valence-corrected chi connectivity index (χ0v) is 15.1. The molecule has 1 aliphatic rings. The maximum atomic E-state index is 11.8. The van der Waals surface area contributed by atoms with Gasteiger partial charge in [-0.3, -0.25) is 14.9 Å². The van der Waals surface area contributed by atoms with E-state index >= 15 is 0 Å². The number of carbonyl (C=O) groups excluding carboxylic acids is 2. The molecule has 4 rings (SSSR count). The molecule has 132 valence electrons. The Morgan fingerprint density at radius 3 is 2.65 bits per heavy atom. The molecular weight excluding hydrogens is 348 g/mol. The number of nitrogens with zero attached hydrogens (tertiary/aromatic N) is 1. The average Bonchev–Trinajstić information content (AvgIpc) is 3.13. The van der Waals surface area contributed by atoms with Crippen molar-refractivity contribution in [2.45, 2.75) is 18.3 Å². The fraction of sp³-hybridized carbons (Fsp3) is 0.200. The van der Waals surface area contributed by atoms with Crippen molar-refractivity contribution in [3.8, 4) is 5.75 Å². The SMILES string of the molecule is Cn1c(CC2SC(=O)NC2=O)cc2ccc(OCc3ccccc3)cc21. The Hall–Kier alpha value is -2.73. The number of nitrogens with one attached hydrogen (secondary N) is 1. The number of imide groups is 1. The van der Waals surface area contributed by atoms with Crippen LogP contribution in [0.2, 0.25) is 0 Å². The molecule has 1 unspecified atom stereocenters. The molecule has 0 bridgehead atoms. The minimum absolute atomic E-state index is 0.211. The van der Waals surface area contributed by atoms with Crippen LogP contribution < -0.4 is 10.1 Å². The first-order chi connectivity index (χ1) is 12.6. The van der Waals surface area contributed by atoms with Crippen LogP contribution in [0.25, 0.3) is 10.9 Å². The van der Waals surface area contributed by atoms with E-state index in [1.807, 2.05) is 55.6 Å². The molecular formula is C20H18N2O3S. The molecule has 26 heavy (non-hydrogen) atoms. The number of amides is 2. The smallest absolute Gasteiger partial charge is 0.286 e. The highest BCUT2D eigenvalue weighted by molar-refractivity contribution is 8.15. The predicted octanol–water partition coefficient (Wildman–Crippen LogP) is 3.65. The molecule has 1 fully saturated rings. The Balaban J connectivity index is 1.53. The number of hydrogen-bond acceptors (Lipinski definition) is 4. The monoisotopic (exact) mass is 366 g/mol. The molecule has 1 N–H and O–H groups in total. The molecule has 3 aromatic rings. The second-order valence-electron chi connectivity index (χ2n) is 6.28. The van der Waals surface area contributed by atoms with Gasteiger partial charge in [0.15, 0.2) is 0 Å². The number of benzene rings is 2. The summed E-state index contributed by atoms with van der Waals surface area (Å²) in [5.74, 6) is 0.592. The highest BCUT2D eigenvalue weighted by atomic mass is 32.2. The van der Waals surface area contributed by atoms with Gasteiger partial charge in [0.1, 0.15) is 12.4 Å². The predicted molar refractivity (Wildman–Crippen MR) is 102 cm³/mol. The van der Waals surface area contributed by atoms with Gasteiger partial charge in [-0.2, -0.15) is 0 Å². The lowest BCUT2D eigenvalue weighted by atomic mass is 10.2. The van der Waals surface area contributed by atoms with E-state index in [0.29, 0.717) is 13.0 Å². The number of rotatable bonds is 5. The van der Waals surface area contributed by atoms with Crippen LogP contribution >= 0.6 is 11.8 Å². The summed E-state index contributed by atoms with van der Waals surface area (Å²) < 4.78 is 7.96. The van der Waals surface area contributed by atoms with Crippen LogP contribution in [0, 0.1) is 0 Å². The Morgan fingerprint density at radius 2 is 1.92 bits per heavy atom. The van der Waals surface area contributed by atoms with Gasteiger partial charge in [-0.25, -0.2) is 0 Å². The zero-order chi connectivity index (χ0) is 18.1. The minimum atomic E-state index is -0.362. The van der Waals surface area contributed by atoms with Crippen molar-refractivity contribution in [1.82, 2.24) is 9.88 Å². The van der Waals surface area contributed by atoms with Crippen molar-refractivity contribution in [2.75, 3.05) is 0 Å². The van der Waals surface area contributed by atoms with Crippen LogP contribution in [0.4, 0.5) is 4.79 Å². The van der Waals surface area contributed by atoms with Crippen molar-refractivity contribution in [1.29, 1.82) is 0 Å². The van der Waals surface area contributed by atoms with E-state index in [4.69, 9.17) is 4.74 Å². The third kappa shape index (κ3) is 3.32. The highest BCUT2D eigenvalue weighted by Gasteiger charge is 2.32. The summed E-state index contributed by atoms with van der Waals surface area (Å²) in [5.41, 5.74) is 3.18. The van der Waals surface area contributed by atoms with Crippen LogP contribution in [0.15, 0.2) is 54.6 Å². The molecule has 6 heteroatoms. The normalized spacial score (nSPS) is 16.9. The summed E-state index contributed by atoms with van der Waals surface area (Å²) in [5, 5.41) is 2.79. The molecule has 1 aromatic heterocycles. The van der Waals surface area contributed by atoms with E-state index in [1.54, 1.807) is 0 Å². The second-order valence-corrected chi connectivity index (χ2v) is 7.45. The lowest BCUT2D eigenvalue weighted by molar-refractivity contribution is -0.118. The summed E-state index contributed by atoms with van der Waals surface area (Å²) >= 11 is 1.06. The number of hydrogen-bond donors (Lipinski definition) is 1. The van der Waals surface area contributed by atoms with Gasteiger partial charge in [-0.05, 0) is 23.8 Å². The Kier molecular flexibility index (Phi) is 4.42. The molecule has 1 aliphatic heterocycles. The number of ether oxygens (including phenoxy) is 1. The fourth-order valence-corrected chi connectivity index (χ4v) is 3.95. The van der Waals surface area contributed by atoms with Crippen molar-refractivity contribution in [3.63, 3.8) is 0 Å². The van der Waals surface area contributed by atoms with Crippen molar-refractivity contribution in [3.05, 3.63) is 65.9 Å². The van der Waals surface area contributed by atoms with Crippen molar-refractivity contribution >= 4 is 33.8 Å². The molecule has 2 heterocycles. The van der Waals surface area contributed by atoms with E-state index < -0.39 is 0 Å². The van der Waals surface area contributed by atoms with E-state index in [-0.39, 0.29) is 16.4 Å². The van der Waals surface area contributed by atoms with E-state index in [1.165, 1.54) is 0 Å². The summed E-state index contributed by atoms with van der Waals surface area (Å²) in [6.45, 7) is 0.518. The van der Waals surface area contributed by atoms with Crippen LogP contribution in [-0.4, -0.2) is 21.0 Å². The summed E-state index contributed by atoms with van der Waals surface area (Å²) in [6.07, 6.45) is 0.521. The van der Waals surface area contributed by atoms with Gasteiger partial charge in [-0.15, -0.1) is 0 Å².